The largest absolute Gasteiger partial charge is 0.466 e. The zero-order chi connectivity index (χ0) is 17.6. The topological polar surface area (TPSA) is 62.7 Å². The molecule has 5 nitrogen and oxygen atoms in total. The maximum Gasteiger partial charge on any atom is 0.305 e. The molecule has 0 radical (unpaired) electrons. The Morgan fingerprint density at radius 1 is 1.12 bits per heavy atom. The van der Waals surface area contributed by atoms with Gasteiger partial charge in [0.2, 0.25) is 0 Å². The van der Waals surface area contributed by atoms with Crippen LogP contribution in [0, 0.1) is 6.92 Å². The fourth-order valence-electron chi connectivity index (χ4n) is 2.40. The minimum absolute atomic E-state index is 0. The number of hydrogen-bond donors (Lipinski definition) is 2. The van der Waals surface area contributed by atoms with Crippen molar-refractivity contribution in [2.24, 2.45) is 4.99 Å². The van der Waals surface area contributed by atoms with Crippen LogP contribution in [0.1, 0.15) is 50.2 Å². The molecule has 0 aliphatic carbocycles. The first-order valence-electron chi connectivity index (χ1n) is 8.82. The lowest BCUT2D eigenvalue weighted by molar-refractivity contribution is -0.143. The molecule has 1 aromatic carbocycles. The van der Waals surface area contributed by atoms with Crippen LogP contribution in [-0.2, 0) is 16.1 Å². The minimum Gasteiger partial charge on any atom is -0.466 e. The van der Waals surface area contributed by atoms with E-state index in [2.05, 4.69) is 40.7 Å². The number of benzene rings is 1. The number of carbonyl (C=O) groups excluding carboxylic acids is 1. The average Bonchev–Trinajstić information content (AvgIpc) is 2.58. The van der Waals surface area contributed by atoms with Crippen molar-refractivity contribution in [1.29, 1.82) is 0 Å². The van der Waals surface area contributed by atoms with Crippen LogP contribution in [0.5, 0.6) is 0 Å². The molecule has 0 saturated carbocycles. The Kier molecular flexibility index (Phi) is 14.2. The first-order chi connectivity index (χ1) is 11.7. The molecule has 0 unspecified atom stereocenters. The van der Waals surface area contributed by atoms with Crippen LogP contribution in [0.4, 0.5) is 0 Å². The first kappa shape index (κ1) is 23.7. The normalized spacial score (nSPS) is 10.8. The van der Waals surface area contributed by atoms with Crippen molar-refractivity contribution in [1.82, 2.24) is 10.6 Å². The fraction of sp³-hybridized carbons (Fsp3) is 0.579. The monoisotopic (exact) mass is 461 g/mol. The molecule has 0 fully saturated rings. The molecule has 25 heavy (non-hydrogen) atoms. The van der Waals surface area contributed by atoms with Crippen molar-refractivity contribution >= 4 is 35.9 Å². The number of ether oxygens (including phenoxy) is 1. The summed E-state index contributed by atoms with van der Waals surface area (Å²) < 4.78 is 4.91. The van der Waals surface area contributed by atoms with E-state index in [-0.39, 0.29) is 29.9 Å². The number of carbonyl (C=O) groups is 1. The van der Waals surface area contributed by atoms with Crippen molar-refractivity contribution in [3.63, 3.8) is 0 Å². The molecule has 1 rings (SSSR count). The van der Waals surface area contributed by atoms with E-state index in [9.17, 15) is 4.79 Å². The number of rotatable bonds is 10. The van der Waals surface area contributed by atoms with Gasteiger partial charge in [-0.15, -0.1) is 24.0 Å². The highest BCUT2D eigenvalue weighted by Crippen LogP contribution is 2.06. The third kappa shape index (κ3) is 11.0. The van der Waals surface area contributed by atoms with Gasteiger partial charge < -0.3 is 15.4 Å². The van der Waals surface area contributed by atoms with Crippen LogP contribution in [0.15, 0.2) is 29.3 Å². The summed E-state index contributed by atoms with van der Waals surface area (Å²) in [5.41, 5.74) is 2.56. The summed E-state index contributed by atoms with van der Waals surface area (Å²) >= 11 is 0. The number of esters is 1. The summed E-state index contributed by atoms with van der Waals surface area (Å²) in [6.07, 6.45) is 4.64. The van der Waals surface area contributed by atoms with Crippen molar-refractivity contribution < 1.29 is 9.53 Å². The van der Waals surface area contributed by atoms with Gasteiger partial charge >= 0.3 is 5.97 Å². The molecule has 0 amide bonds. The van der Waals surface area contributed by atoms with Gasteiger partial charge in [-0.1, -0.05) is 37.1 Å². The number of nitrogens with one attached hydrogen (secondary N) is 2. The summed E-state index contributed by atoms with van der Waals surface area (Å²) in [5.74, 6) is 0.737. The highest BCUT2D eigenvalue weighted by atomic mass is 127. The van der Waals surface area contributed by atoms with E-state index in [1.807, 2.05) is 13.0 Å². The van der Waals surface area contributed by atoms with Crippen LogP contribution < -0.4 is 10.6 Å². The number of aryl methyl sites for hydroxylation is 1. The predicted molar refractivity (Wildman–Crippen MR) is 115 cm³/mol. The zero-order valence-electron chi connectivity index (χ0n) is 15.6. The minimum atomic E-state index is -0.0866. The summed E-state index contributed by atoms with van der Waals surface area (Å²) in [6, 6.07) is 8.34. The number of halogens is 1. The van der Waals surface area contributed by atoms with Gasteiger partial charge in [-0.3, -0.25) is 9.79 Å². The molecule has 0 atom stereocenters. The Morgan fingerprint density at radius 2 is 1.84 bits per heavy atom. The van der Waals surface area contributed by atoms with Gasteiger partial charge in [-0.2, -0.15) is 0 Å². The summed E-state index contributed by atoms with van der Waals surface area (Å²) in [6.45, 7) is 6.07. The fourth-order valence-corrected chi connectivity index (χ4v) is 2.40. The molecule has 0 aliphatic heterocycles. The Balaban J connectivity index is 0.00000576. The third-order valence-corrected chi connectivity index (χ3v) is 3.84. The molecule has 0 saturated heterocycles. The molecule has 0 heterocycles. The van der Waals surface area contributed by atoms with E-state index >= 15 is 0 Å². The van der Waals surface area contributed by atoms with Gasteiger partial charge in [0.25, 0.3) is 0 Å². The second-order valence-electron chi connectivity index (χ2n) is 5.75. The van der Waals surface area contributed by atoms with Crippen molar-refractivity contribution in [2.75, 3.05) is 20.2 Å². The van der Waals surface area contributed by atoms with Gasteiger partial charge in [0.1, 0.15) is 0 Å². The second kappa shape index (κ2) is 15.0. The summed E-state index contributed by atoms with van der Waals surface area (Å²) in [5, 5.41) is 6.66. The lowest BCUT2D eigenvalue weighted by Gasteiger charge is -2.13. The summed E-state index contributed by atoms with van der Waals surface area (Å²) in [4.78, 5) is 15.5. The maximum absolute atomic E-state index is 11.2. The number of unbranched alkanes of at least 4 members (excludes halogenated alkanes) is 3. The molecular weight excluding hydrogens is 429 g/mol. The number of nitrogens with zero attached hydrogens (tertiary/aromatic N) is 1. The molecule has 142 valence electrons. The highest BCUT2D eigenvalue weighted by molar-refractivity contribution is 14.0. The SMILES string of the molecule is CCOC(=O)CCCCCCNC(=NC)NCc1ccccc1C.I. The molecule has 1 aromatic rings. The predicted octanol–water partition coefficient (Wildman–Crippen LogP) is 3.79. The molecule has 0 aliphatic rings. The number of aliphatic imine (C=N–C) groups is 1. The lowest BCUT2D eigenvalue weighted by Crippen LogP contribution is -2.37. The van der Waals surface area contributed by atoms with Gasteiger partial charge in [0.15, 0.2) is 5.96 Å². The van der Waals surface area contributed by atoms with Crippen molar-refractivity contribution in [3.05, 3.63) is 35.4 Å². The smallest absolute Gasteiger partial charge is 0.305 e. The van der Waals surface area contributed by atoms with Crippen LogP contribution in [0.2, 0.25) is 0 Å². The zero-order valence-corrected chi connectivity index (χ0v) is 18.0. The molecule has 6 heteroatoms. The van der Waals surface area contributed by atoms with E-state index in [0.29, 0.717) is 13.0 Å². The number of hydrogen-bond acceptors (Lipinski definition) is 3. The van der Waals surface area contributed by atoms with E-state index in [4.69, 9.17) is 4.74 Å². The van der Waals surface area contributed by atoms with Crippen molar-refractivity contribution in [2.45, 2.75) is 52.5 Å². The van der Waals surface area contributed by atoms with Crippen LogP contribution in [0.25, 0.3) is 0 Å². The first-order valence-corrected chi connectivity index (χ1v) is 8.82. The Labute approximate surface area is 169 Å². The number of guanidine groups is 1. The van der Waals surface area contributed by atoms with E-state index < -0.39 is 0 Å². The van der Waals surface area contributed by atoms with Crippen LogP contribution in [-0.4, -0.2) is 32.1 Å². The van der Waals surface area contributed by atoms with Gasteiger partial charge in [0, 0.05) is 26.6 Å². The van der Waals surface area contributed by atoms with E-state index in [1.54, 1.807) is 7.05 Å². The second-order valence-corrected chi connectivity index (χ2v) is 5.75. The van der Waals surface area contributed by atoms with E-state index in [0.717, 1.165) is 44.7 Å². The standard InChI is InChI=1S/C19H31N3O2.HI/c1-4-24-18(23)13-7-5-6-10-14-21-19(20-3)22-15-17-12-9-8-11-16(17)2;/h8-9,11-12H,4-7,10,13-15H2,1-3H3,(H2,20,21,22);1H. The molecule has 0 aromatic heterocycles. The van der Waals surface area contributed by atoms with Crippen LogP contribution in [0.3, 0.4) is 0 Å². The average molecular weight is 461 g/mol. The van der Waals surface area contributed by atoms with Crippen LogP contribution >= 0.6 is 24.0 Å². The summed E-state index contributed by atoms with van der Waals surface area (Å²) in [7, 11) is 1.78. The van der Waals surface area contributed by atoms with Gasteiger partial charge in [0.05, 0.1) is 6.61 Å². The quantitative estimate of drug-likeness (QED) is 0.183. The Morgan fingerprint density at radius 3 is 2.52 bits per heavy atom. The van der Waals surface area contributed by atoms with Gasteiger partial charge in [-0.05, 0) is 37.8 Å². The lowest BCUT2D eigenvalue weighted by atomic mass is 10.1. The molecule has 0 spiro atoms. The van der Waals surface area contributed by atoms with E-state index in [1.165, 1.54) is 11.1 Å². The highest BCUT2D eigenvalue weighted by Gasteiger charge is 2.02. The molecule has 2 N–H and O–H groups in total. The molecular formula is C19H32IN3O2. The Hall–Kier alpha value is -1.31. The maximum atomic E-state index is 11.2. The Bertz CT molecular complexity index is 521. The van der Waals surface area contributed by atoms with Gasteiger partial charge in [-0.25, -0.2) is 0 Å². The third-order valence-electron chi connectivity index (χ3n) is 3.84. The molecule has 0 bridgehead atoms. The van der Waals surface area contributed by atoms with Crippen molar-refractivity contribution in [3.8, 4) is 0 Å².